The number of amides is 2. The van der Waals surface area contributed by atoms with Crippen molar-refractivity contribution in [2.75, 3.05) is 20.1 Å². The molecule has 0 heterocycles. The van der Waals surface area contributed by atoms with E-state index in [4.69, 9.17) is 11.6 Å². The van der Waals surface area contributed by atoms with Crippen LogP contribution in [0.5, 0.6) is 0 Å². The number of halogens is 1. The minimum Gasteiger partial charge on any atom is -0.354 e. The Balaban J connectivity index is 2.25. The zero-order valence-corrected chi connectivity index (χ0v) is 21.3. The van der Waals surface area contributed by atoms with Gasteiger partial charge in [-0.3, -0.25) is 9.59 Å². The molecular formula is C24H32ClN3O4S. The molecule has 2 aromatic rings. The highest BCUT2D eigenvalue weighted by atomic mass is 35.5. The van der Waals surface area contributed by atoms with Crippen LogP contribution in [-0.4, -0.2) is 55.6 Å². The van der Waals surface area contributed by atoms with Crippen molar-refractivity contribution in [1.29, 1.82) is 0 Å². The summed E-state index contributed by atoms with van der Waals surface area (Å²) >= 11 is 6.09. The first-order valence-electron chi connectivity index (χ1n) is 10.8. The highest BCUT2D eigenvalue weighted by Gasteiger charge is 2.30. The lowest BCUT2D eigenvalue weighted by Crippen LogP contribution is -2.51. The first-order chi connectivity index (χ1) is 15.4. The van der Waals surface area contributed by atoms with Crippen LogP contribution in [0.2, 0.25) is 5.02 Å². The second-order valence-corrected chi connectivity index (χ2v) is 11.0. The van der Waals surface area contributed by atoms with E-state index < -0.39 is 28.5 Å². The highest BCUT2D eigenvalue weighted by molar-refractivity contribution is 7.89. The van der Waals surface area contributed by atoms with Crippen molar-refractivity contribution in [3.63, 3.8) is 0 Å². The van der Waals surface area contributed by atoms with E-state index in [9.17, 15) is 18.0 Å². The van der Waals surface area contributed by atoms with Crippen molar-refractivity contribution in [3.8, 4) is 0 Å². The number of nitrogens with zero attached hydrogens (tertiary/aromatic N) is 2. The molecule has 0 aliphatic rings. The average molecular weight is 494 g/mol. The second kappa shape index (κ2) is 11.6. The van der Waals surface area contributed by atoms with Gasteiger partial charge in [-0.15, -0.1) is 0 Å². The van der Waals surface area contributed by atoms with Gasteiger partial charge in [0.1, 0.15) is 6.04 Å². The van der Waals surface area contributed by atoms with Crippen molar-refractivity contribution in [3.05, 3.63) is 64.7 Å². The quantitative estimate of drug-likeness (QED) is 0.549. The summed E-state index contributed by atoms with van der Waals surface area (Å²) in [5.41, 5.74) is 1.67. The molecule has 33 heavy (non-hydrogen) atoms. The molecular weight excluding hydrogens is 462 g/mol. The van der Waals surface area contributed by atoms with Crippen LogP contribution in [0.4, 0.5) is 0 Å². The van der Waals surface area contributed by atoms with Gasteiger partial charge in [0.2, 0.25) is 21.8 Å². The lowest BCUT2D eigenvalue weighted by atomic mass is 10.1. The Labute approximate surface area is 201 Å². The standard InChI is InChI=1S/C24H32ClN3O4S/c1-17(2)14-26-24(30)19(4)28(15-20-7-6-8-21(25)13-20)23(29)16-27(5)33(31,32)22-11-9-18(3)10-12-22/h6-13,17,19H,14-16H2,1-5H3,(H,26,30)/t19-/m1/s1. The number of aryl methyl sites for hydroxylation is 1. The van der Waals surface area contributed by atoms with Crippen molar-refractivity contribution < 1.29 is 18.0 Å². The van der Waals surface area contributed by atoms with Crippen molar-refractivity contribution in [2.45, 2.75) is 45.2 Å². The molecule has 1 atom stereocenters. The molecule has 1 N–H and O–H groups in total. The summed E-state index contributed by atoms with van der Waals surface area (Å²) < 4.78 is 26.9. The predicted octanol–water partition coefficient (Wildman–Crippen LogP) is 3.46. The minimum absolute atomic E-state index is 0.104. The van der Waals surface area contributed by atoms with Crippen LogP contribution < -0.4 is 5.32 Å². The normalized spacial score (nSPS) is 12.6. The summed E-state index contributed by atoms with van der Waals surface area (Å²) in [6.45, 7) is 7.64. The van der Waals surface area contributed by atoms with E-state index in [1.807, 2.05) is 20.8 Å². The Morgan fingerprint density at radius 3 is 2.27 bits per heavy atom. The van der Waals surface area contributed by atoms with E-state index in [2.05, 4.69) is 5.32 Å². The molecule has 0 spiro atoms. The Bertz CT molecular complexity index is 1070. The summed E-state index contributed by atoms with van der Waals surface area (Å²) in [6.07, 6.45) is 0. The molecule has 180 valence electrons. The number of likely N-dealkylation sites (N-methyl/N-ethyl adjacent to an activating group) is 1. The Morgan fingerprint density at radius 2 is 1.70 bits per heavy atom. The number of sulfonamides is 1. The van der Waals surface area contributed by atoms with Gasteiger partial charge in [0, 0.05) is 25.2 Å². The maximum atomic E-state index is 13.3. The molecule has 0 fully saturated rings. The SMILES string of the molecule is Cc1ccc(S(=O)(=O)N(C)CC(=O)N(Cc2cccc(Cl)c2)[C@H](C)C(=O)NCC(C)C)cc1. The molecule has 0 aliphatic carbocycles. The molecule has 0 aromatic heterocycles. The van der Waals surface area contributed by atoms with Crippen LogP contribution in [0.3, 0.4) is 0 Å². The van der Waals surface area contributed by atoms with E-state index in [1.165, 1.54) is 24.1 Å². The van der Waals surface area contributed by atoms with Gasteiger partial charge >= 0.3 is 0 Å². The Morgan fingerprint density at radius 1 is 1.06 bits per heavy atom. The van der Waals surface area contributed by atoms with E-state index in [1.54, 1.807) is 43.3 Å². The third-order valence-electron chi connectivity index (χ3n) is 5.18. The second-order valence-electron chi connectivity index (χ2n) is 8.54. The van der Waals surface area contributed by atoms with Crippen molar-refractivity contribution in [2.24, 2.45) is 5.92 Å². The molecule has 0 radical (unpaired) electrons. The number of carbonyl (C=O) groups is 2. The number of hydrogen-bond donors (Lipinski definition) is 1. The lowest BCUT2D eigenvalue weighted by molar-refractivity contribution is -0.140. The monoisotopic (exact) mass is 493 g/mol. The van der Waals surface area contributed by atoms with Crippen LogP contribution in [0.25, 0.3) is 0 Å². The third-order valence-corrected chi connectivity index (χ3v) is 7.23. The third kappa shape index (κ3) is 7.55. The molecule has 2 rings (SSSR count). The molecule has 0 aliphatic heterocycles. The maximum Gasteiger partial charge on any atom is 0.243 e. The maximum absolute atomic E-state index is 13.3. The van der Waals surface area contributed by atoms with Crippen LogP contribution in [0, 0.1) is 12.8 Å². The molecule has 0 saturated carbocycles. The summed E-state index contributed by atoms with van der Waals surface area (Å²) in [5.74, 6) is -0.535. The van der Waals surface area contributed by atoms with Crippen LogP contribution in [0.1, 0.15) is 31.9 Å². The van der Waals surface area contributed by atoms with Gasteiger partial charge in [-0.2, -0.15) is 4.31 Å². The first kappa shape index (κ1) is 26.8. The van der Waals surface area contributed by atoms with Gasteiger partial charge in [-0.05, 0) is 49.6 Å². The number of nitrogens with one attached hydrogen (secondary N) is 1. The number of hydrogen-bond acceptors (Lipinski definition) is 4. The van der Waals surface area contributed by atoms with Gasteiger partial charge in [0.25, 0.3) is 0 Å². The average Bonchev–Trinajstić information content (AvgIpc) is 2.75. The van der Waals surface area contributed by atoms with Gasteiger partial charge in [-0.25, -0.2) is 8.42 Å². The Hall–Kier alpha value is -2.42. The smallest absolute Gasteiger partial charge is 0.243 e. The van der Waals surface area contributed by atoms with Gasteiger partial charge in [0.05, 0.1) is 11.4 Å². The molecule has 2 amide bonds. The van der Waals surface area contributed by atoms with E-state index >= 15 is 0 Å². The fraction of sp³-hybridized carbons (Fsp3) is 0.417. The molecule has 0 unspecified atom stereocenters. The fourth-order valence-corrected chi connectivity index (χ4v) is 4.46. The van der Waals surface area contributed by atoms with E-state index in [0.29, 0.717) is 11.6 Å². The largest absolute Gasteiger partial charge is 0.354 e. The zero-order valence-electron chi connectivity index (χ0n) is 19.7. The highest BCUT2D eigenvalue weighted by Crippen LogP contribution is 2.18. The molecule has 7 nitrogen and oxygen atoms in total. The predicted molar refractivity (Wildman–Crippen MR) is 130 cm³/mol. The molecule has 0 bridgehead atoms. The topological polar surface area (TPSA) is 86.8 Å². The van der Waals surface area contributed by atoms with Crippen molar-refractivity contribution >= 4 is 33.4 Å². The Kier molecular flexibility index (Phi) is 9.46. The van der Waals surface area contributed by atoms with Crippen LogP contribution in [0.15, 0.2) is 53.4 Å². The summed E-state index contributed by atoms with van der Waals surface area (Å²) in [7, 11) is -2.51. The summed E-state index contributed by atoms with van der Waals surface area (Å²) in [5, 5.41) is 3.35. The number of rotatable bonds is 10. The number of carbonyl (C=O) groups excluding carboxylic acids is 2. The first-order valence-corrected chi connectivity index (χ1v) is 12.6. The lowest BCUT2D eigenvalue weighted by Gasteiger charge is -2.30. The fourth-order valence-electron chi connectivity index (χ4n) is 3.12. The van der Waals surface area contributed by atoms with Gasteiger partial charge < -0.3 is 10.2 Å². The van der Waals surface area contributed by atoms with E-state index in [-0.39, 0.29) is 23.3 Å². The zero-order chi connectivity index (χ0) is 24.8. The van der Waals surface area contributed by atoms with E-state index in [0.717, 1.165) is 15.4 Å². The molecule has 2 aromatic carbocycles. The molecule has 9 heteroatoms. The minimum atomic E-state index is -3.87. The van der Waals surface area contributed by atoms with Crippen LogP contribution >= 0.6 is 11.6 Å². The van der Waals surface area contributed by atoms with Crippen LogP contribution in [-0.2, 0) is 26.2 Å². The number of benzene rings is 2. The summed E-state index contributed by atoms with van der Waals surface area (Å²) in [6, 6.07) is 12.6. The van der Waals surface area contributed by atoms with Gasteiger partial charge in [-0.1, -0.05) is 55.3 Å². The van der Waals surface area contributed by atoms with Gasteiger partial charge in [0.15, 0.2) is 0 Å². The van der Waals surface area contributed by atoms with Crippen molar-refractivity contribution in [1.82, 2.24) is 14.5 Å². The molecule has 0 saturated heterocycles. The summed E-state index contributed by atoms with van der Waals surface area (Å²) in [4.78, 5) is 27.5.